The van der Waals surface area contributed by atoms with Gasteiger partial charge in [0.15, 0.2) is 15.6 Å². The molecule has 0 unspecified atom stereocenters. The highest BCUT2D eigenvalue weighted by Crippen LogP contribution is 2.27. The zero-order valence-electron chi connectivity index (χ0n) is 15.1. The molecule has 2 heterocycles. The molecule has 1 fully saturated rings. The van der Waals surface area contributed by atoms with E-state index in [-0.39, 0.29) is 23.9 Å². The van der Waals surface area contributed by atoms with Crippen molar-refractivity contribution in [2.45, 2.75) is 10.1 Å². The van der Waals surface area contributed by atoms with Crippen LogP contribution in [-0.2, 0) is 9.84 Å². The summed E-state index contributed by atoms with van der Waals surface area (Å²) in [7, 11) is -2.00. The first-order valence-corrected chi connectivity index (χ1v) is 10.2. The van der Waals surface area contributed by atoms with E-state index in [9.17, 15) is 13.2 Å². The SMILES string of the molecule is COc1ccc(S(=O)(=O)C2CN(C(=O)c3ncc(-c4ccccc4)o3)C2)cc1. The lowest BCUT2D eigenvalue weighted by Gasteiger charge is -2.37. The predicted molar refractivity (Wildman–Crippen MR) is 102 cm³/mol. The molecule has 0 N–H and O–H groups in total. The van der Waals surface area contributed by atoms with Crippen LogP contribution in [0.2, 0.25) is 0 Å². The first-order valence-electron chi connectivity index (χ1n) is 8.67. The molecule has 0 atom stereocenters. The number of hydrogen-bond acceptors (Lipinski definition) is 6. The van der Waals surface area contributed by atoms with Gasteiger partial charge >= 0.3 is 5.91 Å². The molecule has 144 valence electrons. The lowest BCUT2D eigenvalue weighted by atomic mass is 10.2. The fraction of sp³-hybridized carbons (Fsp3) is 0.200. The van der Waals surface area contributed by atoms with Crippen molar-refractivity contribution in [3.05, 3.63) is 66.7 Å². The quantitative estimate of drug-likeness (QED) is 0.656. The molecule has 2 aromatic carbocycles. The maximum atomic E-state index is 12.7. The van der Waals surface area contributed by atoms with E-state index in [0.717, 1.165) is 5.56 Å². The summed E-state index contributed by atoms with van der Waals surface area (Å²) in [5.41, 5.74) is 0.817. The fourth-order valence-electron chi connectivity index (χ4n) is 3.00. The number of carbonyl (C=O) groups excluding carboxylic acids is 1. The van der Waals surface area contributed by atoms with Gasteiger partial charge in [-0.1, -0.05) is 30.3 Å². The average molecular weight is 398 g/mol. The van der Waals surface area contributed by atoms with Crippen molar-refractivity contribution >= 4 is 15.7 Å². The minimum atomic E-state index is -3.51. The van der Waals surface area contributed by atoms with Crippen molar-refractivity contribution in [2.75, 3.05) is 20.2 Å². The maximum absolute atomic E-state index is 12.7. The number of likely N-dealkylation sites (tertiary alicyclic amines) is 1. The second-order valence-corrected chi connectivity index (χ2v) is 8.68. The third-order valence-corrected chi connectivity index (χ3v) is 6.81. The van der Waals surface area contributed by atoms with E-state index in [0.29, 0.717) is 11.5 Å². The zero-order chi connectivity index (χ0) is 19.7. The highest BCUT2D eigenvalue weighted by Gasteiger charge is 2.42. The minimum absolute atomic E-state index is 0.0425. The van der Waals surface area contributed by atoms with Crippen molar-refractivity contribution < 1.29 is 22.4 Å². The second-order valence-electron chi connectivity index (χ2n) is 6.45. The van der Waals surface area contributed by atoms with Gasteiger partial charge in [-0.05, 0) is 24.3 Å². The topological polar surface area (TPSA) is 89.7 Å². The van der Waals surface area contributed by atoms with Crippen LogP contribution in [0.4, 0.5) is 0 Å². The van der Waals surface area contributed by atoms with Gasteiger partial charge in [-0.25, -0.2) is 13.4 Å². The summed E-state index contributed by atoms with van der Waals surface area (Å²) in [6.45, 7) is 0.215. The van der Waals surface area contributed by atoms with E-state index in [2.05, 4.69) is 4.98 Å². The number of sulfone groups is 1. The van der Waals surface area contributed by atoms with Gasteiger partial charge in [-0.15, -0.1) is 0 Å². The highest BCUT2D eigenvalue weighted by molar-refractivity contribution is 7.92. The van der Waals surface area contributed by atoms with Gasteiger partial charge in [0.2, 0.25) is 0 Å². The van der Waals surface area contributed by atoms with Crippen LogP contribution in [0.1, 0.15) is 10.7 Å². The smallest absolute Gasteiger partial charge is 0.309 e. The van der Waals surface area contributed by atoms with E-state index in [1.165, 1.54) is 30.3 Å². The number of nitrogens with zero attached hydrogens (tertiary/aromatic N) is 2. The number of aromatic nitrogens is 1. The van der Waals surface area contributed by atoms with Crippen LogP contribution in [0.3, 0.4) is 0 Å². The average Bonchev–Trinajstić information content (AvgIpc) is 3.17. The van der Waals surface area contributed by atoms with E-state index < -0.39 is 21.0 Å². The Hall–Kier alpha value is -3.13. The Bertz CT molecular complexity index is 1090. The first-order chi connectivity index (χ1) is 13.5. The molecule has 0 bridgehead atoms. The molecule has 8 heteroatoms. The molecule has 7 nitrogen and oxygen atoms in total. The van der Waals surface area contributed by atoms with Crippen LogP contribution < -0.4 is 4.74 Å². The molecule has 1 aliphatic rings. The second kappa shape index (κ2) is 7.12. The van der Waals surface area contributed by atoms with Crippen LogP contribution in [0.5, 0.6) is 5.75 Å². The summed E-state index contributed by atoms with van der Waals surface area (Å²) in [5, 5.41) is -0.645. The third kappa shape index (κ3) is 3.27. The number of hydrogen-bond donors (Lipinski definition) is 0. The Kier molecular flexibility index (Phi) is 4.64. The number of rotatable bonds is 5. The monoisotopic (exact) mass is 398 g/mol. The van der Waals surface area contributed by atoms with Gasteiger partial charge in [0.1, 0.15) is 11.0 Å². The Morgan fingerprint density at radius 2 is 1.79 bits per heavy atom. The molecule has 0 spiro atoms. The van der Waals surface area contributed by atoms with E-state index in [4.69, 9.17) is 9.15 Å². The molecule has 1 aliphatic heterocycles. The largest absolute Gasteiger partial charge is 0.497 e. The van der Waals surface area contributed by atoms with Crippen LogP contribution in [-0.4, -0.2) is 49.7 Å². The number of ether oxygens (including phenoxy) is 1. The lowest BCUT2D eigenvalue weighted by Crippen LogP contribution is -2.56. The van der Waals surface area contributed by atoms with Gasteiger partial charge < -0.3 is 14.1 Å². The predicted octanol–water partition coefficient (Wildman–Crippen LogP) is 2.65. The van der Waals surface area contributed by atoms with E-state index in [1.54, 1.807) is 12.1 Å². The standard InChI is InChI=1S/C20H18N2O5S/c1-26-15-7-9-16(10-8-15)28(24,25)17-12-22(13-17)20(23)19-21-11-18(27-19)14-5-3-2-4-6-14/h2-11,17H,12-13H2,1H3. The fourth-order valence-corrected chi connectivity index (χ4v) is 4.65. The molecular weight excluding hydrogens is 380 g/mol. The number of benzene rings is 2. The third-order valence-electron chi connectivity index (χ3n) is 4.71. The number of carbonyl (C=O) groups is 1. The molecule has 1 amide bonds. The number of oxazole rings is 1. The Morgan fingerprint density at radius 3 is 2.43 bits per heavy atom. The Morgan fingerprint density at radius 1 is 1.11 bits per heavy atom. The number of methoxy groups -OCH3 is 1. The van der Waals surface area contributed by atoms with Crippen LogP contribution in [0, 0.1) is 0 Å². The van der Waals surface area contributed by atoms with E-state index in [1.807, 2.05) is 30.3 Å². The molecule has 0 aliphatic carbocycles. The van der Waals surface area contributed by atoms with Gasteiger partial charge in [0, 0.05) is 18.7 Å². The first kappa shape index (κ1) is 18.2. The summed E-state index contributed by atoms with van der Waals surface area (Å²) in [6, 6.07) is 15.6. The van der Waals surface area contributed by atoms with Crippen LogP contribution in [0.25, 0.3) is 11.3 Å². The minimum Gasteiger partial charge on any atom is -0.497 e. The molecule has 28 heavy (non-hydrogen) atoms. The summed E-state index contributed by atoms with van der Waals surface area (Å²) in [4.78, 5) is 18.2. The lowest BCUT2D eigenvalue weighted by molar-refractivity contribution is 0.0618. The molecule has 0 radical (unpaired) electrons. The van der Waals surface area contributed by atoms with Gasteiger partial charge in [0.25, 0.3) is 5.89 Å². The number of amides is 1. The summed E-state index contributed by atoms with van der Waals surface area (Å²) in [5.74, 6) is 0.622. The Balaban J connectivity index is 1.43. The van der Waals surface area contributed by atoms with Crippen molar-refractivity contribution in [1.29, 1.82) is 0 Å². The van der Waals surface area contributed by atoms with Gasteiger partial charge in [-0.2, -0.15) is 0 Å². The molecule has 1 saturated heterocycles. The van der Waals surface area contributed by atoms with Crippen LogP contribution in [0.15, 0.2) is 70.1 Å². The normalized spacial score (nSPS) is 14.5. The molecule has 3 aromatic rings. The zero-order valence-corrected chi connectivity index (χ0v) is 15.9. The Labute approximate surface area is 162 Å². The summed E-state index contributed by atoms with van der Waals surface area (Å²) < 4.78 is 36.0. The molecule has 0 saturated carbocycles. The molecule has 4 rings (SSSR count). The van der Waals surface area contributed by atoms with Crippen molar-refractivity contribution in [2.24, 2.45) is 0 Å². The van der Waals surface area contributed by atoms with Crippen molar-refractivity contribution in [1.82, 2.24) is 9.88 Å². The summed E-state index contributed by atoms with van der Waals surface area (Å²) >= 11 is 0. The van der Waals surface area contributed by atoms with Gasteiger partial charge in [0.05, 0.1) is 18.2 Å². The van der Waals surface area contributed by atoms with Crippen molar-refractivity contribution in [3.8, 4) is 17.1 Å². The summed E-state index contributed by atoms with van der Waals surface area (Å²) in [6.07, 6.45) is 1.49. The maximum Gasteiger partial charge on any atom is 0.309 e. The molecular formula is C20H18N2O5S. The van der Waals surface area contributed by atoms with E-state index >= 15 is 0 Å². The molecule has 1 aromatic heterocycles. The van der Waals surface area contributed by atoms with Crippen LogP contribution >= 0.6 is 0 Å². The highest BCUT2D eigenvalue weighted by atomic mass is 32.2. The van der Waals surface area contributed by atoms with Gasteiger partial charge in [-0.3, -0.25) is 4.79 Å². The van der Waals surface area contributed by atoms with Crippen molar-refractivity contribution in [3.63, 3.8) is 0 Å².